The zero-order valence-corrected chi connectivity index (χ0v) is 16.6. The number of para-hydroxylation sites is 1. The minimum Gasteiger partial charge on any atom is -0.371 e. The van der Waals surface area contributed by atoms with Gasteiger partial charge < -0.3 is 19.2 Å². The summed E-state index contributed by atoms with van der Waals surface area (Å²) in [6, 6.07) is 8.31. The Kier molecular flexibility index (Phi) is 5.57. The van der Waals surface area contributed by atoms with Crippen molar-refractivity contribution in [2.24, 2.45) is 0 Å². The van der Waals surface area contributed by atoms with Gasteiger partial charge in [-0.05, 0) is 12.1 Å². The molecule has 3 aliphatic heterocycles. The van der Waals surface area contributed by atoms with Crippen LogP contribution in [0.25, 0.3) is 10.2 Å². The average molecular weight is 429 g/mol. The van der Waals surface area contributed by atoms with Crippen molar-refractivity contribution < 1.29 is 19.4 Å². The van der Waals surface area contributed by atoms with Crippen molar-refractivity contribution in [1.82, 2.24) is 9.88 Å². The summed E-state index contributed by atoms with van der Waals surface area (Å²) in [7, 11) is 0. The number of hydrogen-bond acceptors (Lipinski definition) is 9. The fourth-order valence-electron chi connectivity index (χ4n) is 4.20. The summed E-state index contributed by atoms with van der Waals surface area (Å²) in [4.78, 5) is 24.7. The first-order valence-electron chi connectivity index (χ1n) is 9.08. The summed E-state index contributed by atoms with van der Waals surface area (Å²) < 4.78 is 12.8. The van der Waals surface area contributed by atoms with Crippen LogP contribution in [-0.4, -0.2) is 78.7 Å². The standard InChI is InChI=1S/C17H20N4O5S.ClH/c22-21(23)26-13-10-25-15-12(9-24-16(13)15)19-5-7-20(8-6-19)17-18-11-3-1-2-4-14(11)27-17;/h1-4,12-13,15-16H,5-10H2;1H/t12-,13-,15+,16+;/m0./s1. The number of anilines is 1. The molecule has 28 heavy (non-hydrogen) atoms. The highest BCUT2D eigenvalue weighted by atomic mass is 35.5. The molecule has 0 radical (unpaired) electrons. The lowest BCUT2D eigenvalue weighted by Gasteiger charge is -2.38. The van der Waals surface area contributed by atoms with Crippen LogP contribution in [0.5, 0.6) is 0 Å². The largest absolute Gasteiger partial charge is 0.371 e. The Morgan fingerprint density at radius 1 is 1.14 bits per heavy atom. The molecule has 4 atom stereocenters. The van der Waals surface area contributed by atoms with Crippen molar-refractivity contribution >= 4 is 39.1 Å². The summed E-state index contributed by atoms with van der Waals surface area (Å²) in [5.74, 6) is 0. The molecule has 9 nitrogen and oxygen atoms in total. The van der Waals surface area contributed by atoms with Crippen LogP contribution in [0, 0.1) is 10.1 Å². The third kappa shape index (κ3) is 3.50. The van der Waals surface area contributed by atoms with Gasteiger partial charge in [0.25, 0.3) is 5.09 Å². The molecule has 3 fully saturated rings. The lowest BCUT2D eigenvalue weighted by Crippen LogP contribution is -2.54. The van der Waals surface area contributed by atoms with Gasteiger partial charge in [-0.25, -0.2) is 4.98 Å². The second-order valence-electron chi connectivity index (χ2n) is 7.02. The number of rotatable bonds is 4. The van der Waals surface area contributed by atoms with Crippen molar-refractivity contribution in [3.63, 3.8) is 0 Å². The first-order chi connectivity index (χ1) is 13.2. The molecule has 3 saturated heterocycles. The summed E-state index contributed by atoms with van der Waals surface area (Å²) in [6.45, 7) is 4.28. The minimum atomic E-state index is -0.760. The second kappa shape index (κ2) is 7.96. The SMILES string of the molecule is Cl.O=[N+]([O-])O[C@H]1CO[C@H]2[C@@H]1OC[C@@H]2N1CCN(c2nc3ccccc3s2)CC1. The van der Waals surface area contributed by atoms with E-state index in [4.69, 9.17) is 19.3 Å². The molecule has 0 spiro atoms. The number of fused-ring (bicyclic) bond motifs is 2. The van der Waals surface area contributed by atoms with Crippen LogP contribution in [0.2, 0.25) is 0 Å². The third-order valence-corrected chi connectivity index (χ3v) is 6.64. The topological polar surface area (TPSA) is 90.2 Å². The third-order valence-electron chi connectivity index (χ3n) is 5.54. The number of benzene rings is 1. The smallest absolute Gasteiger partial charge is 0.294 e. The van der Waals surface area contributed by atoms with Gasteiger partial charge >= 0.3 is 0 Å². The van der Waals surface area contributed by atoms with E-state index in [1.165, 1.54) is 4.70 Å². The van der Waals surface area contributed by atoms with E-state index in [-0.39, 0.29) is 37.3 Å². The van der Waals surface area contributed by atoms with Crippen LogP contribution in [0.15, 0.2) is 24.3 Å². The molecule has 0 N–H and O–H groups in total. The summed E-state index contributed by atoms with van der Waals surface area (Å²) >= 11 is 1.73. The van der Waals surface area contributed by atoms with E-state index in [2.05, 4.69) is 15.9 Å². The number of thiazole rings is 1. The maximum absolute atomic E-state index is 10.6. The molecule has 3 aliphatic rings. The molecular formula is C17H21ClN4O5S. The van der Waals surface area contributed by atoms with Crippen molar-refractivity contribution in [2.75, 3.05) is 44.3 Å². The minimum absolute atomic E-state index is 0. The Morgan fingerprint density at radius 3 is 2.64 bits per heavy atom. The van der Waals surface area contributed by atoms with Gasteiger partial charge in [0.2, 0.25) is 0 Å². The van der Waals surface area contributed by atoms with Crippen LogP contribution in [0.3, 0.4) is 0 Å². The predicted octanol–water partition coefficient (Wildman–Crippen LogP) is 1.58. The predicted molar refractivity (Wildman–Crippen MR) is 106 cm³/mol. The van der Waals surface area contributed by atoms with Crippen molar-refractivity contribution in [3.8, 4) is 0 Å². The number of halogens is 1. The monoisotopic (exact) mass is 428 g/mol. The summed E-state index contributed by atoms with van der Waals surface area (Å²) in [6.07, 6.45) is -1.15. The number of hydrogen-bond donors (Lipinski definition) is 0. The Morgan fingerprint density at radius 2 is 1.89 bits per heavy atom. The molecular weight excluding hydrogens is 408 g/mol. The van der Waals surface area contributed by atoms with Gasteiger partial charge in [0.15, 0.2) is 11.2 Å². The van der Waals surface area contributed by atoms with E-state index < -0.39 is 11.2 Å². The molecule has 2 aromatic rings. The molecule has 5 rings (SSSR count). The van der Waals surface area contributed by atoms with Gasteiger partial charge in [0.1, 0.15) is 12.2 Å². The zero-order valence-electron chi connectivity index (χ0n) is 15.0. The van der Waals surface area contributed by atoms with E-state index in [9.17, 15) is 10.1 Å². The fraction of sp³-hybridized carbons (Fsp3) is 0.588. The Balaban J connectivity index is 0.00000192. The molecule has 0 amide bonds. The number of ether oxygens (including phenoxy) is 2. The second-order valence-corrected chi connectivity index (χ2v) is 8.03. The molecule has 4 heterocycles. The average Bonchev–Trinajstić information content (AvgIpc) is 3.37. The highest BCUT2D eigenvalue weighted by Gasteiger charge is 2.51. The van der Waals surface area contributed by atoms with Crippen LogP contribution in [0.4, 0.5) is 5.13 Å². The molecule has 0 saturated carbocycles. The van der Waals surface area contributed by atoms with Crippen molar-refractivity contribution in [2.45, 2.75) is 24.4 Å². The highest BCUT2D eigenvalue weighted by Crippen LogP contribution is 2.33. The van der Waals surface area contributed by atoms with E-state index in [0.29, 0.717) is 6.61 Å². The summed E-state index contributed by atoms with van der Waals surface area (Å²) in [5.41, 5.74) is 1.04. The molecule has 152 valence electrons. The van der Waals surface area contributed by atoms with Crippen LogP contribution < -0.4 is 4.90 Å². The first-order valence-corrected chi connectivity index (χ1v) is 9.89. The normalized spacial score (nSPS) is 30.2. The van der Waals surface area contributed by atoms with Gasteiger partial charge in [0, 0.05) is 26.2 Å². The lowest BCUT2D eigenvalue weighted by molar-refractivity contribution is -0.769. The first kappa shape index (κ1) is 19.6. The van der Waals surface area contributed by atoms with E-state index in [1.807, 2.05) is 18.2 Å². The quantitative estimate of drug-likeness (QED) is 0.535. The van der Waals surface area contributed by atoms with Gasteiger partial charge in [-0.2, -0.15) is 0 Å². The molecule has 0 unspecified atom stereocenters. The number of piperazine rings is 1. The van der Waals surface area contributed by atoms with Gasteiger partial charge in [-0.1, -0.05) is 23.5 Å². The number of aromatic nitrogens is 1. The van der Waals surface area contributed by atoms with E-state index in [0.717, 1.165) is 36.8 Å². The van der Waals surface area contributed by atoms with Gasteiger partial charge in [-0.15, -0.1) is 22.5 Å². The highest BCUT2D eigenvalue weighted by molar-refractivity contribution is 7.22. The van der Waals surface area contributed by atoms with E-state index in [1.54, 1.807) is 11.3 Å². The van der Waals surface area contributed by atoms with Crippen LogP contribution >= 0.6 is 23.7 Å². The molecule has 1 aromatic carbocycles. The molecule has 11 heteroatoms. The van der Waals surface area contributed by atoms with Crippen LogP contribution in [0.1, 0.15) is 0 Å². The maximum Gasteiger partial charge on any atom is 0.294 e. The van der Waals surface area contributed by atoms with Crippen molar-refractivity contribution in [1.29, 1.82) is 0 Å². The Hall–Kier alpha value is -1.72. The fourth-order valence-corrected chi connectivity index (χ4v) is 5.22. The lowest BCUT2D eigenvalue weighted by atomic mass is 10.1. The van der Waals surface area contributed by atoms with Gasteiger partial charge in [-0.3, -0.25) is 4.90 Å². The Labute approximate surface area is 171 Å². The van der Waals surface area contributed by atoms with Crippen LogP contribution in [-0.2, 0) is 14.3 Å². The number of nitrogens with zero attached hydrogens (tertiary/aromatic N) is 4. The summed E-state index contributed by atoms with van der Waals surface area (Å²) in [5, 5.41) is 10.9. The molecule has 0 bridgehead atoms. The Bertz CT molecular complexity index is 813. The van der Waals surface area contributed by atoms with Gasteiger partial charge in [0.05, 0.1) is 29.5 Å². The maximum atomic E-state index is 10.6. The van der Waals surface area contributed by atoms with E-state index >= 15 is 0 Å². The molecule has 1 aromatic heterocycles. The molecule has 0 aliphatic carbocycles. The van der Waals surface area contributed by atoms with Crippen molar-refractivity contribution in [3.05, 3.63) is 34.4 Å². The zero-order chi connectivity index (χ0) is 18.4.